The fraction of sp³-hybridized carbons (Fsp3) is 0.385. The largest absolute Gasteiger partial charge is 0.439 e. The van der Waals surface area contributed by atoms with Crippen molar-refractivity contribution in [2.24, 2.45) is 5.92 Å². The summed E-state index contributed by atoms with van der Waals surface area (Å²) in [4.78, 5) is 6.55. The molecule has 1 saturated heterocycles. The average molecular weight is 571 g/mol. The first-order valence-corrected chi connectivity index (χ1v) is 6.37. The van der Waals surface area contributed by atoms with E-state index in [0.29, 0.717) is 12.4 Å². The number of alkyl halides is 1. The summed E-state index contributed by atoms with van der Waals surface area (Å²) in [6.07, 6.45) is 0. The molecule has 6 heteroatoms. The molecule has 0 bridgehead atoms. The van der Waals surface area contributed by atoms with Crippen LogP contribution in [0.4, 0.5) is 4.39 Å². The molecule has 0 unspecified atom stereocenters. The van der Waals surface area contributed by atoms with Crippen LogP contribution in [0.2, 0.25) is 0 Å². The first kappa shape index (κ1) is 15.1. The third-order valence-electron chi connectivity index (χ3n) is 3.00. The van der Waals surface area contributed by atoms with E-state index in [1.54, 1.807) is 0 Å². The van der Waals surface area contributed by atoms with Crippen LogP contribution in [0.15, 0.2) is 27.1 Å². The van der Waals surface area contributed by atoms with Crippen LogP contribution in [0.25, 0.3) is 11.1 Å². The molecule has 1 fully saturated rings. The minimum Gasteiger partial charge on any atom is -0.439 e. The quantitative estimate of drug-likeness (QED) is 0.530. The minimum atomic E-state index is -0.225. The Morgan fingerprint density at radius 3 is 2.84 bits per heavy atom. The van der Waals surface area contributed by atoms with E-state index in [9.17, 15) is 4.39 Å². The fourth-order valence-electron chi connectivity index (χ4n) is 2.11. The number of rotatable bonds is 3. The van der Waals surface area contributed by atoms with Crippen molar-refractivity contribution in [3.8, 4) is 0 Å². The van der Waals surface area contributed by atoms with Gasteiger partial charge in [-0.15, -0.1) is 0 Å². The van der Waals surface area contributed by atoms with E-state index < -0.39 is 0 Å². The Kier molecular flexibility index (Phi) is 4.62. The number of likely N-dealkylation sites (tertiary alicyclic amines) is 1. The SMILES string of the molecule is FCC1CN(Cc2nc3ccc(Br)cc3o2)C1.[CH3-].[Fm]. The van der Waals surface area contributed by atoms with Crippen molar-refractivity contribution in [1.29, 1.82) is 0 Å². The van der Waals surface area contributed by atoms with E-state index in [1.807, 2.05) is 18.2 Å². The zero-order valence-corrected chi connectivity index (χ0v) is 14.5. The molecule has 2 aromatic rings. The number of hydrogen-bond donors (Lipinski definition) is 0. The van der Waals surface area contributed by atoms with Gasteiger partial charge >= 0.3 is 0 Å². The molecular formula is C13H15BrFFmN2O-. The first-order chi connectivity index (χ1) is 8.24. The van der Waals surface area contributed by atoms with E-state index >= 15 is 0 Å². The number of aromatic nitrogens is 1. The summed E-state index contributed by atoms with van der Waals surface area (Å²) in [6.45, 7) is 2.05. The van der Waals surface area contributed by atoms with Crippen LogP contribution >= 0.6 is 15.9 Å². The smallest absolute Gasteiger partial charge is 0.209 e. The van der Waals surface area contributed by atoms with Gasteiger partial charge in [0.1, 0.15) is 5.52 Å². The molecule has 0 amide bonds. The molecule has 0 N–H and O–H groups in total. The third-order valence-corrected chi connectivity index (χ3v) is 3.50. The molecule has 0 radical (unpaired) electrons. The maximum Gasteiger partial charge on any atom is 0.209 e. The molecule has 3 rings (SSSR count). The van der Waals surface area contributed by atoms with Crippen LogP contribution < -0.4 is 0 Å². The standard InChI is InChI=1S/C12H12BrFN2O.CH3.Fm/c13-9-1-2-10-11(3-9)17-12(15-10)7-16-5-8(4-14)6-16;;/h1-3,8H,4-7H2;1H3;/q;-1;. The van der Waals surface area contributed by atoms with Gasteiger partial charge in [-0.25, -0.2) is 4.98 Å². The Morgan fingerprint density at radius 2 is 2.16 bits per heavy atom. The summed E-state index contributed by atoms with van der Waals surface area (Å²) in [6, 6.07) is 5.77. The molecule has 0 saturated carbocycles. The maximum atomic E-state index is 12.3. The normalized spacial score (nSPS) is 15.7. The van der Waals surface area contributed by atoms with Crippen molar-refractivity contribution < 1.29 is 8.81 Å². The molecule has 1 aliphatic rings. The monoisotopic (exact) mass is 570 g/mol. The van der Waals surface area contributed by atoms with Crippen LogP contribution in [0.5, 0.6) is 0 Å². The van der Waals surface area contributed by atoms with Crippen molar-refractivity contribution >= 4 is 27.0 Å². The van der Waals surface area contributed by atoms with Crippen molar-refractivity contribution in [2.45, 2.75) is 6.54 Å². The van der Waals surface area contributed by atoms with Crippen LogP contribution in [0.1, 0.15) is 5.89 Å². The molecule has 1 aliphatic heterocycles. The molecular weight excluding hydrogens is 556 g/mol. The second-order valence-corrected chi connectivity index (χ2v) is 5.35. The Labute approximate surface area is 114 Å². The minimum absolute atomic E-state index is 0. The maximum absolute atomic E-state index is 12.3. The van der Waals surface area contributed by atoms with Crippen molar-refractivity contribution in [2.75, 3.05) is 19.8 Å². The van der Waals surface area contributed by atoms with E-state index in [-0.39, 0.29) is 20.0 Å². The van der Waals surface area contributed by atoms with Crippen molar-refractivity contribution in [1.82, 2.24) is 9.88 Å². The molecule has 1 aromatic carbocycles. The zero-order chi connectivity index (χ0) is 11.8. The zero-order valence-electron chi connectivity index (χ0n) is 10.5. The molecule has 19 heavy (non-hydrogen) atoms. The third kappa shape index (κ3) is 2.90. The number of hydrogen-bond acceptors (Lipinski definition) is 3. The van der Waals surface area contributed by atoms with E-state index in [4.69, 9.17) is 4.42 Å². The topological polar surface area (TPSA) is 29.3 Å². The molecule has 2 heterocycles. The Morgan fingerprint density at radius 1 is 1.42 bits per heavy atom. The number of oxazole rings is 1. The Hall–Kier alpha value is -1.94. The van der Waals surface area contributed by atoms with Crippen molar-refractivity contribution in [3.63, 3.8) is 0 Å². The van der Waals surface area contributed by atoms with Crippen molar-refractivity contribution in [3.05, 3.63) is 36.0 Å². The molecule has 1 aromatic heterocycles. The van der Waals surface area contributed by atoms with Gasteiger partial charge in [0, 0.05) is 23.5 Å². The van der Waals surface area contributed by atoms with Gasteiger partial charge in [0.15, 0.2) is 5.58 Å². The van der Waals surface area contributed by atoms with Gasteiger partial charge in [-0.05, 0) is 18.2 Å². The van der Waals surface area contributed by atoms with Gasteiger partial charge < -0.3 is 11.8 Å². The average Bonchev–Trinajstić information content (AvgIpc) is 2.64. The van der Waals surface area contributed by atoms with Gasteiger partial charge in [-0.3, -0.25) is 9.29 Å². The molecule has 110 valence electrons. The Bertz CT molecular complexity index is 542. The number of fused-ring (bicyclic) bond motifs is 1. The molecule has 3 nitrogen and oxygen atoms in total. The van der Waals surface area contributed by atoms with E-state index in [0.717, 1.165) is 28.7 Å². The first-order valence-electron chi connectivity index (χ1n) is 5.58. The van der Waals surface area contributed by atoms with Gasteiger partial charge in [-0.1, -0.05) is 15.9 Å². The summed E-state index contributed by atoms with van der Waals surface area (Å²) in [7, 11) is 0. The number of halogens is 2. The molecule has 0 atom stereocenters. The van der Waals surface area contributed by atoms with Crippen LogP contribution in [0, 0.1) is 13.3 Å². The van der Waals surface area contributed by atoms with E-state index in [2.05, 4.69) is 25.8 Å². The predicted molar refractivity (Wildman–Crippen MR) is 72.9 cm³/mol. The summed E-state index contributed by atoms with van der Waals surface area (Å²) >= 11 is 3.39. The summed E-state index contributed by atoms with van der Waals surface area (Å²) in [5, 5.41) is 0. The molecule has 0 spiro atoms. The fourth-order valence-corrected chi connectivity index (χ4v) is 2.45. The molecule has 0 aliphatic carbocycles. The van der Waals surface area contributed by atoms with Gasteiger partial charge in [-0.2, -0.15) is 0 Å². The summed E-state index contributed by atoms with van der Waals surface area (Å²) in [5.74, 6) is 0.906. The van der Waals surface area contributed by atoms with Crippen LogP contribution in [-0.4, -0.2) is 29.6 Å². The van der Waals surface area contributed by atoms with Gasteiger partial charge in [0.2, 0.25) is 5.89 Å². The van der Waals surface area contributed by atoms with Crippen LogP contribution in [-0.2, 0) is 6.54 Å². The second-order valence-electron chi connectivity index (χ2n) is 4.43. The van der Waals surface area contributed by atoms with E-state index in [1.165, 1.54) is 0 Å². The van der Waals surface area contributed by atoms with Gasteiger partial charge in [0.05, 0.1) is 13.2 Å². The second kappa shape index (κ2) is 5.80. The predicted octanol–water partition coefficient (Wildman–Crippen LogP) is 3.44. The number of nitrogens with zero attached hydrogens (tertiary/aromatic N) is 2. The Balaban J connectivity index is 0.000000902. The number of benzene rings is 1. The van der Waals surface area contributed by atoms with Crippen LogP contribution in [0.3, 0.4) is 0 Å². The van der Waals surface area contributed by atoms with Gasteiger partial charge in [0.25, 0.3) is 0 Å². The summed E-state index contributed by atoms with van der Waals surface area (Å²) in [5.41, 5.74) is 1.66. The summed E-state index contributed by atoms with van der Waals surface area (Å²) < 4.78 is 18.9.